The van der Waals surface area contributed by atoms with Gasteiger partial charge in [0.05, 0.1) is 37.6 Å². The highest BCUT2D eigenvalue weighted by molar-refractivity contribution is 8.41. The van der Waals surface area contributed by atoms with E-state index in [0.717, 1.165) is 37.2 Å². The summed E-state index contributed by atoms with van der Waals surface area (Å²) >= 11 is 14.9. The fourth-order valence-electron chi connectivity index (χ4n) is 4.59. The van der Waals surface area contributed by atoms with Crippen molar-refractivity contribution < 1.29 is 0 Å². The van der Waals surface area contributed by atoms with E-state index in [4.69, 9.17) is 10.5 Å². The fraction of sp³-hybridized carbons (Fsp3) is 0.312. The molecule has 2 aromatic carbocycles. The van der Waals surface area contributed by atoms with Crippen LogP contribution in [0.25, 0.3) is 0 Å². The highest BCUT2D eigenvalue weighted by atomic mass is 32.3. The first-order valence-corrected chi connectivity index (χ1v) is 21.2. The van der Waals surface area contributed by atoms with Gasteiger partial charge >= 0.3 is 0 Å². The number of hydrogen-bond acceptors (Lipinski definition) is 10. The Morgan fingerprint density at radius 1 is 0.548 bits per heavy atom. The number of hydrogen-bond donors (Lipinski definition) is 0. The molecule has 0 atom stereocenters. The normalized spacial score (nSPS) is 17.3. The molecule has 2 heterocycles. The minimum Gasteiger partial charge on any atom is -0.198 e. The molecular weight excluding hydrogens is 669 g/mol. The number of benzene rings is 2. The maximum Gasteiger partial charge on any atom is 0.0660 e. The van der Waals surface area contributed by atoms with Gasteiger partial charge in [-0.3, -0.25) is 0 Å². The van der Waals surface area contributed by atoms with Gasteiger partial charge in [-0.1, -0.05) is 95.6 Å². The number of nitrogens with zero attached hydrogens (tertiary/aromatic N) is 2. The Balaban J connectivity index is 1.44. The van der Waals surface area contributed by atoms with Crippen LogP contribution in [-0.4, -0.2) is 24.0 Å². The third-order valence-corrected chi connectivity index (χ3v) is 17.7. The van der Waals surface area contributed by atoms with E-state index in [0.29, 0.717) is 12.8 Å². The molecule has 0 unspecified atom stereocenters. The van der Waals surface area contributed by atoms with Crippen molar-refractivity contribution >= 4 is 94.1 Å². The fourth-order valence-corrected chi connectivity index (χ4v) is 15.4. The molecule has 4 bridgehead atoms. The van der Waals surface area contributed by atoms with Crippen molar-refractivity contribution in [2.45, 2.75) is 38.5 Å². The van der Waals surface area contributed by atoms with Gasteiger partial charge in [0, 0.05) is 24.3 Å². The predicted octanol–water partition coefficient (Wildman–Crippen LogP) is 11.2. The molecule has 0 fully saturated rings. The van der Waals surface area contributed by atoms with Crippen molar-refractivity contribution in [2.24, 2.45) is 0 Å². The average Bonchev–Trinajstić information content (AvgIpc) is 3.62. The van der Waals surface area contributed by atoms with Crippen LogP contribution in [0.3, 0.4) is 0 Å². The summed E-state index contributed by atoms with van der Waals surface area (Å²) in [5.41, 5.74) is 8.37. The van der Waals surface area contributed by atoms with E-state index >= 15 is 0 Å². The van der Waals surface area contributed by atoms with Crippen LogP contribution in [0.2, 0.25) is 0 Å². The van der Waals surface area contributed by atoms with Gasteiger partial charge in [-0.2, -0.15) is 10.5 Å². The van der Waals surface area contributed by atoms with E-state index < -0.39 is 0 Å². The van der Waals surface area contributed by atoms with Gasteiger partial charge in [-0.15, -0.1) is 47.0 Å². The highest BCUT2D eigenvalue weighted by Gasteiger charge is 2.26. The molecule has 2 nitrogen and oxygen atoms in total. The molecule has 8 rings (SSSR count). The van der Waals surface area contributed by atoms with Crippen LogP contribution >= 0.6 is 94.1 Å². The number of rotatable bonds is 8. The Bertz CT molecular complexity index is 1400. The first-order valence-electron chi connectivity index (χ1n) is 13.5. The van der Waals surface area contributed by atoms with E-state index in [1.165, 1.54) is 58.8 Å². The van der Waals surface area contributed by atoms with Crippen LogP contribution in [-0.2, 0) is 25.7 Å². The molecule has 0 spiro atoms. The second-order valence-corrected chi connectivity index (χ2v) is 19.1. The van der Waals surface area contributed by atoms with Crippen molar-refractivity contribution in [2.75, 3.05) is 24.0 Å². The Kier molecular flexibility index (Phi) is 12.8. The molecule has 10 heteroatoms. The van der Waals surface area contributed by atoms with Crippen molar-refractivity contribution in [3.8, 4) is 12.1 Å². The average molecular weight is 699 g/mol. The standard InChI is InChI=1S/C32H30N2S8/c1-35-29-30(36-2)40-27(39-29)25-17-21-5-9-23(10-6-21)19-26(20-24-11-7-22(18-25)8-12-24)28-41-31(37-15-3-13-33)32(42-28)38-16-4-14-34/h5-12H,3-4,15-20H2,1-2H3. The van der Waals surface area contributed by atoms with Crippen LogP contribution in [0.15, 0.2) is 85.1 Å². The van der Waals surface area contributed by atoms with Crippen molar-refractivity contribution in [1.82, 2.24) is 0 Å². The molecule has 2 aromatic rings. The summed E-state index contributed by atoms with van der Waals surface area (Å²) in [7, 11) is 0. The minimum atomic E-state index is 0.546. The lowest BCUT2D eigenvalue weighted by atomic mass is 9.94. The molecular formula is C32H30N2S8. The topological polar surface area (TPSA) is 47.6 Å². The van der Waals surface area contributed by atoms with Gasteiger partial charge < -0.3 is 0 Å². The van der Waals surface area contributed by atoms with Crippen LogP contribution in [0.4, 0.5) is 0 Å². The van der Waals surface area contributed by atoms with Crippen LogP contribution in [0.1, 0.15) is 35.1 Å². The summed E-state index contributed by atoms with van der Waals surface area (Å²) in [6.45, 7) is 0. The predicted molar refractivity (Wildman–Crippen MR) is 199 cm³/mol. The van der Waals surface area contributed by atoms with Crippen molar-refractivity contribution in [1.29, 1.82) is 10.5 Å². The smallest absolute Gasteiger partial charge is 0.0660 e. The largest absolute Gasteiger partial charge is 0.198 e. The molecule has 0 saturated carbocycles. The van der Waals surface area contributed by atoms with Gasteiger partial charge in [0.25, 0.3) is 0 Å². The maximum absolute atomic E-state index is 9.07. The Labute approximate surface area is 284 Å². The summed E-state index contributed by atoms with van der Waals surface area (Å²) in [5, 5.41) is 18.1. The SMILES string of the molecule is CSC1=C(SC)SC(=C2Cc3ccc(cc3)CC(=C3SC(SCCC#N)=C(SCCC#N)S3)Cc3ccc(cc3)C2)S1. The summed E-state index contributed by atoms with van der Waals surface area (Å²) in [5.74, 6) is 1.60. The lowest BCUT2D eigenvalue weighted by molar-refractivity contribution is 1.00. The molecule has 216 valence electrons. The molecule has 4 aliphatic carbocycles. The molecule has 6 aliphatic rings. The number of nitriles is 2. The van der Waals surface area contributed by atoms with Gasteiger partial charge in [-0.05, 0) is 71.6 Å². The zero-order valence-corrected chi connectivity index (χ0v) is 30.0. The van der Waals surface area contributed by atoms with E-state index in [1.807, 2.05) is 70.6 Å². The number of allylic oxidation sites excluding steroid dienone is 2. The van der Waals surface area contributed by atoms with Gasteiger partial charge in [0.2, 0.25) is 0 Å². The van der Waals surface area contributed by atoms with Gasteiger partial charge in [0.15, 0.2) is 0 Å². The van der Waals surface area contributed by atoms with E-state index in [1.54, 1.807) is 23.5 Å². The van der Waals surface area contributed by atoms with Crippen LogP contribution < -0.4 is 0 Å². The first kappa shape index (κ1) is 32.6. The summed E-state index contributed by atoms with van der Waals surface area (Å²) < 4.78 is 8.24. The minimum absolute atomic E-state index is 0.546. The maximum atomic E-state index is 9.07. The first-order chi connectivity index (χ1) is 20.6. The summed E-state index contributed by atoms with van der Waals surface area (Å²) in [6, 6.07) is 23.1. The quantitative estimate of drug-likeness (QED) is 0.249. The Hall–Kier alpha value is -0.820. The molecule has 0 aromatic heterocycles. The van der Waals surface area contributed by atoms with E-state index in [9.17, 15) is 0 Å². The molecule has 0 amide bonds. The summed E-state index contributed by atoms with van der Waals surface area (Å²) in [6.07, 6.45) is 9.23. The second-order valence-electron chi connectivity index (χ2n) is 9.60. The van der Waals surface area contributed by atoms with E-state index in [2.05, 4.69) is 73.2 Å². The van der Waals surface area contributed by atoms with Crippen LogP contribution in [0.5, 0.6) is 0 Å². The van der Waals surface area contributed by atoms with Crippen LogP contribution in [0, 0.1) is 22.7 Å². The lowest BCUT2D eigenvalue weighted by Crippen LogP contribution is -2.02. The zero-order chi connectivity index (χ0) is 29.3. The molecule has 0 saturated heterocycles. The Morgan fingerprint density at radius 2 is 0.857 bits per heavy atom. The third kappa shape index (κ3) is 8.67. The highest BCUT2D eigenvalue weighted by Crippen LogP contribution is 2.59. The molecule has 42 heavy (non-hydrogen) atoms. The van der Waals surface area contributed by atoms with Gasteiger partial charge in [0.1, 0.15) is 0 Å². The summed E-state index contributed by atoms with van der Waals surface area (Å²) in [4.78, 5) is 0. The molecule has 0 N–H and O–H groups in total. The lowest BCUT2D eigenvalue weighted by Gasteiger charge is -2.16. The monoisotopic (exact) mass is 698 g/mol. The third-order valence-electron chi connectivity index (χ3n) is 6.63. The van der Waals surface area contributed by atoms with Crippen molar-refractivity contribution in [3.05, 3.63) is 107 Å². The van der Waals surface area contributed by atoms with Crippen molar-refractivity contribution in [3.63, 3.8) is 0 Å². The van der Waals surface area contributed by atoms with E-state index in [-0.39, 0.29) is 0 Å². The van der Waals surface area contributed by atoms with Gasteiger partial charge in [-0.25, -0.2) is 0 Å². The zero-order valence-electron chi connectivity index (χ0n) is 23.4. The molecule has 0 radical (unpaired) electrons. The second kappa shape index (κ2) is 16.5. The Morgan fingerprint density at radius 3 is 1.14 bits per heavy atom. The number of thioether (sulfide) groups is 8. The molecule has 2 aliphatic heterocycles.